The van der Waals surface area contributed by atoms with E-state index in [4.69, 9.17) is 0 Å². The fourth-order valence-corrected chi connectivity index (χ4v) is 2.64. The van der Waals surface area contributed by atoms with Crippen LogP contribution in [0.3, 0.4) is 0 Å². The van der Waals surface area contributed by atoms with Gasteiger partial charge in [-0.2, -0.15) is 0 Å². The van der Waals surface area contributed by atoms with Gasteiger partial charge in [0.1, 0.15) is 0 Å². The van der Waals surface area contributed by atoms with E-state index in [1.807, 2.05) is 43.5 Å². The minimum Gasteiger partial charge on any atom is -0.345 e. The zero-order valence-corrected chi connectivity index (χ0v) is 14.3. The summed E-state index contributed by atoms with van der Waals surface area (Å²) in [6, 6.07) is 18.5. The molecule has 0 spiro atoms. The second-order valence-electron chi connectivity index (χ2n) is 5.78. The van der Waals surface area contributed by atoms with Gasteiger partial charge in [0.05, 0.1) is 12.2 Å². The summed E-state index contributed by atoms with van der Waals surface area (Å²) in [7, 11) is 0. The Kier molecular flexibility index (Phi) is 5.43. The molecule has 0 aliphatic rings. The van der Waals surface area contributed by atoms with Crippen LogP contribution in [0.1, 0.15) is 30.2 Å². The molecule has 25 heavy (non-hydrogen) atoms. The van der Waals surface area contributed by atoms with Crippen molar-refractivity contribution in [3.63, 3.8) is 0 Å². The molecule has 3 rings (SSSR count). The van der Waals surface area contributed by atoms with Crippen LogP contribution in [0, 0.1) is 11.8 Å². The molecule has 1 amide bonds. The van der Waals surface area contributed by atoms with Gasteiger partial charge in [0.25, 0.3) is 0 Å². The topological polar surface area (TPSA) is 42.0 Å². The maximum Gasteiger partial charge on any atom is 0.220 e. The van der Waals surface area contributed by atoms with Crippen molar-refractivity contribution in [3.05, 3.63) is 77.6 Å². The highest BCUT2D eigenvalue weighted by Crippen LogP contribution is 2.19. The third-order valence-electron chi connectivity index (χ3n) is 4.01. The van der Waals surface area contributed by atoms with Gasteiger partial charge in [0.15, 0.2) is 0 Å². The fourth-order valence-electron chi connectivity index (χ4n) is 2.64. The molecule has 0 bridgehead atoms. The van der Waals surface area contributed by atoms with Crippen molar-refractivity contribution in [3.8, 4) is 11.8 Å². The molecule has 0 aliphatic carbocycles. The molecule has 3 heteroatoms. The van der Waals surface area contributed by atoms with Crippen molar-refractivity contribution < 1.29 is 4.79 Å². The van der Waals surface area contributed by atoms with Crippen LogP contribution >= 0.6 is 0 Å². The summed E-state index contributed by atoms with van der Waals surface area (Å²) >= 11 is 0. The average molecular weight is 328 g/mol. The van der Waals surface area contributed by atoms with E-state index in [0.717, 1.165) is 17.7 Å². The highest BCUT2D eigenvalue weighted by Gasteiger charge is 2.03. The van der Waals surface area contributed by atoms with Gasteiger partial charge < -0.3 is 5.32 Å². The zero-order chi connectivity index (χ0) is 17.5. The molecule has 1 N–H and O–H groups in total. The van der Waals surface area contributed by atoms with Gasteiger partial charge in [-0.25, -0.2) is 0 Å². The lowest BCUT2D eigenvalue weighted by Gasteiger charge is -2.06. The number of amides is 1. The van der Waals surface area contributed by atoms with Crippen molar-refractivity contribution in [1.82, 2.24) is 10.3 Å². The molecule has 2 aromatic carbocycles. The molecule has 0 saturated carbocycles. The quantitative estimate of drug-likeness (QED) is 0.742. The third-order valence-corrected chi connectivity index (χ3v) is 4.01. The normalized spacial score (nSPS) is 10.1. The zero-order valence-electron chi connectivity index (χ0n) is 14.3. The number of hydrogen-bond acceptors (Lipinski definition) is 2. The van der Waals surface area contributed by atoms with Crippen LogP contribution in [0.5, 0.6) is 0 Å². The molecule has 0 saturated heterocycles. The van der Waals surface area contributed by atoms with Crippen LogP contribution in [0.15, 0.2) is 60.8 Å². The minimum atomic E-state index is 0.0206. The molecule has 1 heterocycles. The maximum atomic E-state index is 11.1. The number of hydrogen-bond donors (Lipinski definition) is 1. The molecule has 0 atom stereocenters. The van der Waals surface area contributed by atoms with Crippen molar-refractivity contribution in [1.29, 1.82) is 0 Å². The first-order valence-electron chi connectivity index (χ1n) is 8.43. The Labute approximate surface area is 148 Å². The predicted octanol–water partition coefficient (Wildman–Crippen LogP) is 3.70. The standard InChI is InChI=1S/C22H20N2O/c1-2-22(25)24-14-5-6-17-9-11-18(12-10-17)16-21-20-8-4-3-7-19(20)13-15-23-21/h3-4,7-13,15H,2,14,16H2,1H3,(H,24,25). The van der Waals surface area contributed by atoms with Gasteiger partial charge in [0, 0.05) is 30.0 Å². The third kappa shape index (κ3) is 4.45. The summed E-state index contributed by atoms with van der Waals surface area (Å²) < 4.78 is 0. The summed E-state index contributed by atoms with van der Waals surface area (Å²) in [6.45, 7) is 2.21. The number of rotatable bonds is 4. The molecule has 3 aromatic rings. The van der Waals surface area contributed by atoms with E-state index in [-0.39, 0.29) is 5.91 Å². The lowest BCUT2D eigenvalue weighted by molar-refractivity contribution is -0.120. The smallest absolute Gasteiger partial charge is 0.220 e. The van der Waals surface area contributed by atoms with Crippen LogP contribution in [-0.4, -0.2) is 17.4 Å². The molecule has 0 unspecified atom stereocenters. The summed E-state index contributed by atoms with van der Waals surface area (Å²) in [5, 5.41) is 5.15. The maximum absolute atomic E-state index is 11.1. The van der Waals surface area contributed by atoms with Crippen LogP contribution in [0.25, 0.3) is 10.8 Å². The Hall–Kier alpha value is -3.12. The molecule has 1 aromatic heterocycles. The lowest BCUT2D eigenvalue weighted by atomic mass is 10.0. The number of aromatic nitrogens is 1. The van der Waals surface area contributed by atoms with Crippen molar-refractivity contribution in [2.75, 3.05) is 6.54 Å². The van der Waals surface area contributed by atoms with Crippen LogP contribution in [0.4, 0.5) is 0 Å². The van der Waals surface area contributed by atoms with Gasteiger partial charge in [-0.3, -0.25) is 9.78 Å². The Bertz CT molecular complexity index is 928. The number of fused-ring (bicyclic) bond motifs is 1. The number of nitrogens with one attached hydrogen (secondary N) is 1. The minimum absolute atomic E-state index is 0.0206. The van der Waals surface area contributed by atoms with Gasteiger partial charge in [-0.15, -0.1) is 0 Å². The summed E-state index contributed by atoms with van der Waals surface area (Å²) in [6.07, 6.45) is 3.14. The molecular formula is C22H20N2O. The van der Waals surface area contributed by atoms with Crippen LogP contribution < -0.4 is 5.32 Å². The van der Waals surface area contributed by atoms with E-state index in [1.54, 1.807) is 0 Å². The van der Waals surface area contributed by atoms with E-state index in [1.165, 1.54) is 16.3 Å². The van der Waals surface area contributed by atoms with Gasteiger partial charge in [0.2, 0.25) is 5.91 Å². The van der Waals surface area contributed by atoms with Crippen LogP contribution in [0.2, 0.25) is 0 Å². The SMILES string of the molecule is CCC(=O)NCC#Cc1ccc(Cc2nccc3ccccc23)cc1. The summed E-state index contributed by atoms with van der Waals surface area (Å²) in [4.78, 5) is 15.7. The molecule has 124 valence electrons. The Morgan fingerprint density at radius 1 is 1.08 bits per heavy atom. The first-order valence-corrected chi connectivity index (χ1v) is 8.43. The first-order chi connectivity index (χ1) is 12.3. The summed E-state index contributed by atoms with van der Waals surface area (Å²) in [5.41, 5.74) is 3.23. The number of pyridine rings is 1. The van der Waals surface area contributed by atoms with Crippen molar-refractivity contribution in [2.24, 2.45) is 0 Å². The van der Waals surface area contributed by atoms with E-state index in [2.05, 4.69) is 46.4 Å². The van der Waals surface area contributed by atoms with Crippen molar-refractivity contribution >= 4 is 16.7 Å². The van der Waals surface area contributed by atoms with Gasteiger partial charge in [-0.1, -0.05) is 55.2 Å². The van der Waals surface area contributed by atoms with E-state index >= 15 is 0 Å². The van der Waals surface area contributed by atoms with Gasteiger partial charge in [-0.05, 0) is 29.1 Å². The second-order valence-corrected chi connectivity index (χ2v) is 5.78. The second kappa shape index (κ2) is 8.12. The monoisotopic (exact) mass is 328 g/mol. The molecular weight excluding hydrogens is 308 g/mol. The van der Waals surface area contributed by atoms with E-state index < -0.39 is 0 Å². The molecule has 0 aliphatic heterocycles. The Morgan fingerprint density at radius 3 is 2.68 bits per heavy atom. The highest BCUT2D eigenvalue weighted by atomic mass is 16.1. The fraction of sp³-hybridized carbons (Fsp3) is 0.182. The predicted molar refractivity (Wildman–Crippen MR) is 101 cm³/mol. The van der Waals surface area contributed by atoms with Crippen LogP contribution in [-0.2, 0) is 11.2 Å². The van der Waals surface area contributed by atoms with E-state index in [9.17, 15) is 4.79 Å². The lowest BCUT2D eigenvalue weighted by Crippen LogP contribution is -2.22. The summed E-state index contributed by atoms with van der Waals surface area (Å²) in [5.74, 6) is 6.05. The molecule has 0 fully saturated rings. The number of benzene rings is 2. The average Bonchev–Trinajstić information content (AvgIpc) is 2.66. The van der Waals surface area contributed by atoms with E-state index in [0.29, 0.717) is 13.0 Å². The highest BCUT2D eigenvalue weighted by molar-refractivity contribution is 5.84. The molecule has 3 nitrogen and oxygen atoms in total. The molecule has 0 radical (unpaired) electrons. The Balaban J connectivity index is 1.68. The largest absolute Gasteiger partial charge is 0.345 e. The van der Waals surface area contributed by atoms with Crippen molar-refractivity contribution in [2.45, 2.75) is 19.8 Å². The first kappa shape index (κ1) is 16.7. The number of carbonyl (C=O) groups is 1. The number of carbonyl (C=O) groups excluding carboxylic acids is 1. The number of nitrogens with zero attached hydrogens (tertiary/aromatic N) is 1. The Morgan fingerprint density at radius 2 is 1.88 bits per heavy atom. The van der Waals surface area contributed by atoms with Gasteiger partial charge >= 0.3 is 0 Å².